The van der Waals surface area contributed by atoms with E-state index in [1.807, 2.05) is 0 Å². The largest absolute Gasteiger partial charge is 0.462 e. The number of thiophene rings is 1. The van der Waals surface area contributed by atoms with Gasteiger partial charge in [0, 0.05) is 0 Å². The van der Waals surface area contributed by atoms with Gasteiger partial charge in [0.15, 0.2) is 0 Å². The van der Waals surface area contributed by atoms with E-state index in [1.54, 1.807) is 25.3 Å². The van der Waals surface area contributed by atoms with E-state index in [4.69, 9.17) is 9.47 Å². The topological polar surface area (TPSA) is 98.8 Å². The number of esters is 2. The van der Waals surface area contributed by atoms with Crippen molar-refractivity contribution in [1.82, 2.24) is 0 Å². The third-order valence-corrected chi connectivity index (χ3v) is 5.75. The summed E-state index contributed by atoms with van der Waals surface area (Å²) in [6.45, 7) is 3.60. The standard InChI is InChI=1S/C16H17NO6S2/c1-3-22-15(18)11-8-12(16(19)23-4-2)10-13(9-11)17-25(20,21)14-6-5-7-24-14/h5-10,17H,3-4H2,1-2H3. The summed E-state index contributed by atoms with van der Waals surface area (Å²) in [6.07, 6.45) is 0. The third kappa shape index (κ3) is 4.80. The fourth-order valence-electron chi connectivity index (χ4n) is 1.97. The van der Waals surface area contributed by atoms with E-state index in [1.165, 1.54) is 24.3 Å². The van der Waals surface area contributed by atoms with Crippen molar-refractivity contribution < 1.29 is 27.5 Å². The van der Waals surface area contributed by atoms with Gasteiger partial charge in [0.25, 0.3) is 10.0 Å². The molecule has 7 nitrogen and oxygen atoms in total. The molecule has 0 fully saturated rings. The minimum Gasteiger partial charge on any atom is -0.462 e. The van der Waals surface area contributed by atoms with Crippen LogP contribution in [0.4, 0.5) is 5.69 Å². The van der Waals surface area contributed by atoms with Gasteiger partial charge in [-0.05, 0) is 43.5 Å². The normalized spacial score (nSPS) is 11.0. The lowest BCUT2D eigenvalue weighted by atomic mass is 10.1. The Hall–Kier alpha value is -2.39. The Balaban J connectivity index is 2.42. The van der Waals surface area contributed by atoms with Gasteiger partial charge < -0.3 is 9.47 Å². The van der Waals surface area contributed by atoms with Gasteiger partial charge >= 0.3 is 11.9 Å². The van der Waals surface area contributed by atoms with E-state index in [2.05, 4.69) is 4.72 Å². The summed E-state index contributed by atoms with van der Waals surface area (Å²) in [5.41, 5.74) is 0.176. The maximum absolute atomic E-state index is 12.3. The molecule has 2 rings (SSSR count). The highest BCUT2D eigenvalue weighted by atomic mass is 32.2. The number of sulfonamides is 1. The third-order valence-electron chi connectivity index (χ3n) is 2.97. The number of hydrogen-bond acceptors (Lipinski definition) is 7. The van der Waals surface area contributed by atoms with Crippen molar-refractivity contribution in [2.75, 3.05) is 17.9 Å². The van der Waals surface area contributed by atoms with Crippen LogP contribution in [0.3, 0.4) is 0 Å². The van der Waals surface area contributed by atoms with Gasteiger partial charge in [0.1, 0.15) is 4.21 Å². The number of benzene rings is 1. The first-order valence-electron chi connectivity index (χ1n) is 7.43. The second-order valence-corrected chi connectivity index (χ2v) is 7.63. The summed E-state index contributed by atoms with van der Waals surface area (Å²) in [5, 5.41) is 1.63. The Morgan fingerprint density at radius 1 is 1.04 bits per heavy atom. The average molecular weight is 383 g/mol. The van der Waals surface area contributed by atoms with Crippen molar-refractivity contribution >= 4 is 39.0 Å². The monoisotopic (exact) mass is 383 g/mol. The van der Waals surface area contributed by atoms with Gasteiger partial charge in [-0.25, -0.2) is 18.0 Å². The molecule has 1 heterocycles. The molecule has 1 aromatic carbocycles. The summed E-state index contributed by atoms with van der Waals surface area (Å²) in [4.78, 5) is 23.9. The van der Waals surface area contributed by atoms with Crippen LogP contribution < -0.4 is 4.72 Å². The minimum absolute atomic E-state index is 0.0521. The van der Waals surface area contributed by atoms with Crippen molar-refractivity contribution in [2.24, 2.45) is 0 Å². The Morgan fingerprint density at radius 3 is 2.04 bits per heavy atom. The zero-order chi connectivity index (χ0) is 18.4. The van der Waals surface area contributed by atoms with Crippen LogP contribution in [0.2, 0.25) is 0 Å². The Kier molecular flexibility index (Phi) is 6.16. The second-order valence-electron chi connectivity index (χ2n) is 4.78. The van der Waals surface area contributed by atoms with Gasteiger partial charge in [-0.2, -0.15) is 0 Å². The molecule has 1 N–H and O–H groups in total. The van der Waals surface area contributed by atoms with E-state index in [0.717, 1.165) is 11.3 Å². The molecule has 0 saturated carbocycles. The molecule has 0 unspecified atom stereocenters. The van der Waals surface area contributed by atoms with E-state index >= 15 is 0 Å². The molecule has 0 amide bonds. The predicted molar refractivity (Wildman–Crippen MR) is 93.5 cm³/mol. The van der Waals surface area contributed by atoms with Crippen LogP contribution in [0.1, 0.15) is 34.6 Å². The zero-order valence-electron chi connectivity index (χ0n) is 13.6. The number of anilines is 1. The minimum atomic E-state index is -3.82. The number of carbonyl (C=O) groups excluding carboxylic acids is 2. The molecule has 0 radical (unpaired) electrons. The lowest BCUT2D eigenvalue weighted by Crippen LogP contribution is -2.14. The molecule has 9 heteroatoms. The van der Waals surface area contributed by atoms with Gasteiger partial charge in [-0.3, -0.25) is 4.72 Å². The van der Waals surface area contributed by atoms with Gasteiger partial charge in [-0.1, -0.05) is 6.07 Å². The Labute approximate surface area is 149 Å². The summed E-state index contributed by atoms with van der Waals surface area (Å²) in [7, 11) is -3.82. The van der Waals surface area contributed by atoms with E-state index in [0.29, 0.717) is 0 Å². The molecule has 0 aliphatic heterocycles. The van der Waals surface area contributed by atoms with Crippen LogP contribution in [0, 0.1) is 0 Å². The SMILES string of the molecule is CCOC(=O)c1cc(NS(=O)(=O)c2cccs2)cc(C(=O)OCC)c1. The molecule has 0 atom stereocenters. The molecule has 0 bridgehead atoms. The van der Waals surface area contributed by atoms with Crippen LogP contribution in [0.5, 0.6) is 0 Å². The van der Waals surface area contributed by atoms with Crippen molar-refractivity contribution in [1.29, 1.82) is 0 Å². The molecule has 0 aliphatic carbocycles. The Morgan fingerprint density at radius 2 is 1.60 bits per heavy atom. The van der Waals surface area contributed by atoms with Crippen molar-refractivity contribution in [3.8, 4) is 0 Å². The number of hydrogen-bond donors (Lipinski definition) is 1. The molecular weight excluding hydrogens is 366 g/mol. The van der Waals surface area contributed by atoms with E-state index in [-0.39, 0.29) is 34.2 Å². The zero-order valence-corrected chi connectivity index (χ0v) is 15.3. The van der Waals surface area contributed by atoms with Crippen molar-refractivity contribution in [2.45, 2.75) is 18.1 Å². The first kappa shape index (κ1) is 18.9. The maximum atomic E-state index is 12.3. The number of rotatable bonds is 7. The first-order valence-corrected chi connectivity index (χ1v) is 9.79. The number of carbonyl (C=O) groups is 2. The molecule has 1 aromatic heterocycles. The fraction of sp³-hybridized carbons (Fsp3) is 0.250. The van der Waals surface area contributed by atoms with Crippen LogP contribution in [-0.4, -0.2) is 33.6 Å². The van der Waals surface area contributed by atoms with Gasteiger partial charge in [0.2, 0.25) is 0 Å². The predicted octanol–water partition coefficient (Wildman–Crippen LogP) is 2.90. The molecule has 134 valence electrons. The highest BCUT2D eigenvalue weighted by molar-refractivity contribution is 7.94. The molecule has 25 heavy (non-hydrogen) atoms. The summed E-state index contributed by atoms with van der Waals surface area (Å²) >= 11 is 1.05. The summed E-state index contributed by atoms with van der Waals surface area (Å²) in [5.74, 6) is -1.32. The fourth-order valence-corrected chi connectivity index (χ4v) is 4.01. The quantitative estimate of drug-likeness (QED) is 0.738. The molecule has 0 aliphatic rings. The number of ether oxygens (including phenoxy) is 2. The van der Waals surface area contributed by atoms with Crippen molar-refractivity contribution in [3.05, 3.63) is 46.8 Å². The van der Waals surface area contributed by atoms with Gasteiger partial charge in [0.05, 0.1) is 30.0 Å². The molecule has 0 spiro atoms. The number of nitrogens with one attached hydrogen (secondary N) is 1. The van der Waals surface area contributed by atoms with Gasteiger partial charge in [-0.15, -0.1) is 11.3 Å². The highest BCUT2D eigenvalue weighted by Crippen LogP contribution is 2.23. The smallest absolute Gasteiger partial charge is 0.338 e. The molecule has 0 saturated heterocycles. The first-order chi connectivity index (χ1) is 11.9. The maximum Gasteiger partial charge on any atom is 0.338 e. The van der Waals surface area contributed by atoms with E-state index < -0.39 is 22.0 Å². The summed E-state index contributed by atoms with van der Waals surface area (Å²) < 4.78 is 37.0. The molecule has 2 aromatic rings. The highest BCUT2D eigenvalue weighted by Gasteiger charge is 2.19. The second kappa shape index (κ2) is 8.13. The van der Waals surface area contributed by atoms with Crippen molar-refractivity contribution in [3.63, 3.8) is 0 Å². The van der Waals surface area contributed by atoms with Crippen LogP contribution in [-0.2, 0) is 19.5 Å². The summed E-state index contributed by atoms with van der Waals surface area (Å²) in [6, 6.07) is 6.99. The van der Waals surface area contributed by atoms with E-state index in [9.17, 15) is 18.0 Å². The van der Waals surface area contributed by atoms with Crippen LogP contribution in [0.25, 0.3) is 0 Å². The average Bonchev–Trinajstić information content (AvgIpc) is 3.10. The van der Waals surface area contributed by atoms with Crippen LogP contribution >= 0.6 is 11.3 Å². The lowest BCUT2D eigenvalue weighted by molar-refractivity contribution is 0.0525. The lowest BCUT2D eigenvalue weighted by Gasteiger charge is -2.11. The Bertz CT molecular complexity index is 823. The molecular formula is C16H17NO6S2. The van der Waals surface area contributed by atoms with Crippen LogP contribution in [0.15, 0.2) is 39.9 Å².